The quantitative estimate of drug-likeness (QED) is 0.574. The molecule has 0 atom stereocenters. The number of nitrogens with zero attached hydrogens (tertiary/aromatic N) is 2. The van der Waals surface area contributed by atoms with Gasteiger partial charge in [0.15, 0.2) is 0 Å². The van der Waals surface area contributed by atoms with Crippen molar-refractivity contribution in [3.05, 3.63) is 23.9 Å². The van der Waals surface area contributed by atoms with Gasteiger partial charge < -0.3 is 4.90 Å². The lowest BCUT2D eigenvalue weighted by Gasteiger charge is -2.38. The zero-order chi connectivity index (χ0) is 14.8. The summed E-state index contributed by atoms with van der Waals surface area (Å²) in [5.41, 5.74) is 4.82. The van der Waals surface area contributed by atoms with Gasteiger partial charge in [0.05, 0.1) is 0 Å². The maximum Gasteiger partial charge on any atom is 0.129 e. The maximum absolute atomic E-state index is 4.61. The van der Waals surface area contributed by atoms with Crippen LogP contribution in [0.25, 0.3) is 0 Å². The van der Waals surface area contributed by atoms with Crippen LogP contribution in [0.5, 0.6) is 0 Å². The molecular weight excluding hydrogens is 260 g/mol. The number of rotatable bonds is 1. The van der Waals surface area contributed by atoms with Gasteiger partial charge in [-0.05, 0) is 30.4 Å². The molecule has 0 amide bonds. The van der Waals surface area contributed by atoms with Gasteiger partial charge in [0.2, 0.25) is 0 Å². The third-order valence-electron chi connectivity index (χ3n) is 3.55. The summed E-state index contributed by atoms with van der Waals surface area (Å²) in [6, 6.07) is 4.23. The van der Waals surface area contributed by atoms with Gasteiger partial charge in [-0.3, -0.25) is 0 Å². The molecule has 0 N–H and O–H groups in total. The zero-order valence-electron chi connectivity index (χ0n) is 13.5. The molecule has 0 radical (unpaired) electrons. The molecule has 2 rings (SSSR count). The largest absolute Gasteiger partial charge is 0.356 e. The smallest absolute Gasteiger partial charge is 0.129 e. The molecule has 3 heteroatoms. The molecule has 1 aliphatic rings. The fourth-order valence-electron chi connectivity index (χ4n) is 2.53. The molecule has 0 bridgehead atoms. The van der Waals surface area contributed by atoms with Gasteiger partial charge in [-0.1, -0.05) is 39.4 Å². The molecule has 0 unspecified atom stereocenters. The Morgan fingerprint density at radius 2 is 2.00 bits per heavy atom. The van der Waals surface area contributed by atoms with E-state index in [1.165, 1.54) is 12.8 Å². The third-order valence-corrected chi connectivity index (χ3v) is 4.43. The second-order valence-corrected chi connectivity index (χ2v) is 12.3. The number of anilines is 1. The first kappa shape index (κ1) is 15.1. The lowest BCUT2D eigenvalue weighted by atomic mass is 9.84. The van der Waals surface area contributed by atoms with Crippen molar-refractivity contribution in [2.75, 3.05) is 18.0 Å². The number of piperidine rings is 1. The summed E-state index contributed by atoms with van der Waals surface area (Å²) in [4.78, 5) is 7.01. The molecule has 0 aliphatic carbocycles. The standard InChI is InChI=1S/C17H26N2Si/c1-17(2)10-6-11-19(14-17)16-8-7-15(13-18-16)9-12-20(3,4)5/h7-8,13H,6,10-11,14H2,1-5H3. The molecule has 2 heterocycles. The summed E-state index contributed by atoms with van der Waals surface area (Å²) >= 11 is 0. The number of hydrogen-bond acceptors (Lipinski definition) is 2. The Kier molecular flexibility index (Phi) is 4.24. The normalized spacial score (nSPS) is 18.4. The van der Waals surface area contributed by atoms with Crippen LogP contribution in [0.2, 0.25) is 19.6 Å². The van der Waals surface area contributed by atoms with Crippen LogP contribution < -0.4 is 4.90 Å². The van der Waals surface area contributed by atoms with Crippen LogP contribution in [0.1, 0.15) is 32.3 Å². The topological polar surface area (TPSA) is 16.1 Å². The van der Waals surface area contributed by atoms with E-state index in [9.17, 15) is 0 Å². The average molecular weight is 286 g/mol. The Labute approximate surface area is 124 Å². The first-order valence-electron chi connectivity index (χ1n) is 7.49. The highest BCUT2D eigenvalue weighted by atomic mass is 28.3. The van der Waals surface area contributed by atoms with E-state index in [2.05, 4.69) is 67.0 Å². The first-order valence-corrected chi connectivity index (χ1v) is 11.0. The van der Waals surface area contributed by atoms with Gasteiger partial charge in [-0.25, -0.2) is 4.98 Å². The highest BCUT2D eigenvalue weighted by molar-refractivity contribution is 6.83. The Morgan fingerprint density at radius 3 is 2.55 bits per heavy atom. The molecule has 0 spiro atoms. The third kappa shape index (κ3) is 4.38. The number of pyridine rings is 1. The van der Waals surface area contributed by atoms with E-state index >= 15 is 0 Å². The molecule has 108 valence electrons. The lowest BCUT2D eigenvalue weighted by Crippen LogP contribution is -2.40. The SMILES string of the molecule is CC1(C)CCCN(c2ccc(C#C[Si](C)(C)C)cn2)C1. The predicted octanol–water partition coefficient (Wildman–Crippen LogP) is 3.94. The van der Waals surface area contributed by atoms with Crippen molar-refractivity contribution in [1.29, 1.82) is 0 Å². The Morgan fingerprint density at radius 1 is 1.25 bits per heavy atom. The Balaban J connectivity index is 2.10. The minimum atomic E-state index is -1.30. The van der Waals surface area contributed by atoms with Gasteiger partial charge in [0.25, 0.3) is 0 Å². The number of hydrogen-bond donors (Lipinski definition) is 0. The van der Waals surface area contributed by atoms with Crippen LogP contribution in [0.3, 0.4) is 0 Å². The van der Waals surface area contributed by atoms with Crippen LogP contribution in [-0.2, 0) is 0 Å². The molecule has 20 heavy (non-hydrogen) atoms. The van der Waals surface area contributed by atoms with E-state index in [1.54, 1.807) is 0 Å². The van der Waals surface area contributed by atoms with Crippen LogP contribution in [0.15, 0.2) is 18.3 Å². The summed E-state index contributed by atoms with van der Waals surface area (Å²) < 4.78 is 0. The Bertz CT molecular complexity index is 515. The van der Waals surface area contributed by atoms with Crippen molar-refractivity contribution in [3.8, 4) is 11.5 Å². The van der Waals surface area contributed by atoms with Crippen molar-refractivity contribution in [2.45, 2.75) is 46.3 Å². The first-order chi connectivity index (χ1) is 9.25. The minimum absolute atomic E-state index is 0.399. The summed E-state index contributed by atoms with van der Waals surface area (Å²) in [5.74, 6) is 4.36. The van der Waals surface area contributed by atoms with Gasteiger partial charge >= 0.3 is 0 Å². The van der Waals surface area contributed by atoms with Crippen LogP contribution >= 0.6 is 0 Å². The monoisotopic (exact) mass is 286 g/mol. The molecule has 2 nitrogen and oxygen atoms in total. The van der Waals surface area contributed by atoms with Crippen molar-refractivity contribution in [3.63, 3.8) is 0 Å². The fourth-order valence-corrected chi connectivity index (χ4v) is 3.04. The molecular formula is C17H26N2Si. The minimum Gasteiger partial charge on any atom is -0.356 e. The van der Waals surface area contributed by atoms with Gasteiger partial charge in [0.1, 0.15) is 13.9 Å². The van der Waals surface area contributed by atoms with Crippen molar-refractivity contribution in [2.24, 2.45) is 5.41 Å². The molecule has 1 aromatic rings. The molecule has 1 fully saturated rings. The summed E-state index contributed by atoms with van der Waals surface area (Å²) in [6.07, 6.45) is 4.49. The highest BCUT2D eigenvalue weighted by Crippen LogP contribution is 2.30. The maximum atomic E-state index is 4.61. The van der Waals surface area contributed by atoms with Crippen LogP contribution in [-0.4, -0.2) is 26.1 Å². The second kappa shape index (κ2) is 5.61. The summed E-state index contributed by atoms with van der Waals surface area (Å²) in [5, 5.41) is 0. The van der Waals surface area contributed by atoms with Crippen molar-refractivity contribution < 1.29 is 0 Å². The lowest BCUT2D eigenvalue weighted by molar-refractivity contribution is 0.292. The molecule has 1 saturated heterocycles. The number of aromatic nitrogens is 1. The van der Waals surface area contributed by atoms with Crippen LogP contribution in [0, 0.1) is 16.9 Å². The average Bonchev–Trinajstić information content (AvgIpc) is 2.35. The van der Waals surface area contributed by atoms with Crippen molar-refractivity contribution >= 4 is 13.9 Å². The van der Waals surface area contributed by atoms with E-state index in [1.807, 2.05) is 6.20 Å². The summed E-state index contributed by atoms with van der Waals surface area (Å²) in [6.45, 7) is 13.7. The fraction of sp³-hybridized carbons (Fsp3) is 0.588. The molecule has 0 saturated carbocycles. The summed E-state index contributed by atoms with van der Waals surface area (Å²) in [7, 11) is -1.30. The van der Waals surface area contributed by atoms with E-state index in [0.29, 0.717) is 5.41 Å². The van der Waals surface area contributed by atoms with Crippen LogP contribution in [0.4, 0.5) is 5.82 Å². The van der Waals surface area contributed by atoms with Crippen molar-refractivity contribution in [1.82, 2.24) is 4.98 Å². The van der Waals surface area contributed by atoms with Gasteiger partial charge in [-0.15, -0.1) is 5.54 Å². The molecule has 1 aromatic heterocycles. The van der Waals surface area contributed by atoms with Gasteiger partial charge in [0, 0.05) is 24.8 Å². The van der Waals surface area contributed by atoms with E-state index < -0.39 is 8.07 Å². The highest BCUT2D eigenvalue weighted by Gasteiger charge is 2.26. The predicted molar refractivity (Wildman–Crippen MR) is 89.7 cm³/mol. The second-order valence-electron chi connectivity index (χ2n) is 7.59. The zero-order valence-corrected chi connectivity index (χ0v) is 14.5. The Hall–Kier alpha value is -1.27. The molecule has 0 aromatic carbocycles. The van der Waals surface area contributed by atoms with Gasteiger partial charge in [-0.2, -0.15) is 0 Å². The molecule has 1 aliphatic heterocycles. The van der Waals surface area contributed by atoms with E-state index in [-0.39, 0.29) is 0 Å². The van der Waals surface area contributed by atoms with E-state index in [0.717, 1.165) is 24.5 Å². The van der Waals surface area contributed by atoms with E-state index in [4.69, 9.17) is 0 Å².